The Bertz CT molecular complexity index is 303. The molecule has 2 nitrogen and oxygen atoms in total. The third-order valence-corrected chi connectivity index (χ3v) is 1.77. The van der Waals surface area contributed by atoms with Crippen molar-refractivity contribution in [3.63, 3.8) is 0 Å². The molecule has 0 bridgehead atoms. The van der Waals surface area contributed by atoms with E-state index >= 15 is 0 Å². The number of alkyl halides is 2. The van der Waals surface area contributed by atoms with Gasteiger partial charge in [-0.15, -0.1) is 0 Å². The Morgan fingerprint density at radius 2 is 1.60 bits per heavy atom. The Labute approximate surface area is 87.8 Å². The molecule has 1 aromatic rings. The van der Waals surface area contributed by atoms with E-state index in [1.165, 1.54) is 0 Å². The molecule has 0 heterocycles. The number of hydrogen-bond donors (Lipinski definition) is 0. The van der Waals surface area contributed by atoms with E-state index in [9.17, 15) is 8.78 Å². The molecule has 0 saturated heterocycles. The Kier molecular flexibility index (Phi) is 4.87. The van der Waals surface area contributed by atoms with Crippen LogP contribution in [0, 0.1) is 6.92 Å². The largest absolute Gasteiger partial charge is 0.487 e. The van der Waals surface area contributed by atoms with Crippen LogP contribution in [0.3, 0.4) is 0 Å². The maximum Gasteiger partial charge on any atom is 0.161 e. The van der Waals surface area contributed by atoms with Crippen LogP contribution >= 0.6 is 0 Å². The van der Waals surface area contributed by atoms with Crippen molar-refractivity contribution in [1.29, 1.82) is 0 Å². The predicted molar refractivity (Wildman–Crippen MR) is 54.1 cm³/mol. The van der Waals surface area contributed by atoms with Gasteiger partial charge in [0.25, 0.3) is 0 Å². The molecule has 0 saturated carbocycles. The van der Waals surface area contributed by atoms with Crippen molar-refractivity contribution in [2.24, 2.45) is 0 Å². The molecular weight excluding hydrogens is 202 g/mol. The summed E-state index contributed by atoms with van der Waals surface area (Å²) in [7, 11) is 0. The van der Waals surface area contributed by atoms with Gasteiger partial charge >= 0.3 is 0 Å². The lowest BCUT2D eigenvalue weighted by Gasteiger charge is -2.11. The third-order valence-electron chi connectivity index (χ3n) is 1.77. The summed E-state index contributed by atoms with van der Waals surface area (Å²) >= 11 is 0. The van der Waals surface area contributed by atoms with Gasteiger partial charge in [-0.1, -0.05) is 6.07 Å². The maximum absolute atomic E-state index is 11.9. The average molecular weight is 216 g/mol. The van der Waals surface area contributed by atoms with Gasteiger partial charge in [0.1, 0.15) is 26.6 Å². The smallest absolute Gasteiger partial charge is 0.161 e. The number of benzene rings is 1. The number of rotatable bonds is 6. The van der Waals surface area contributed by atoms with Gasteiger partial charge in [0, 0.05) is 0 Å². The van der Waals surface area contributed by atoms with Gasteiger partial charge in [0.05, 0.1) is 0 Å². The molecule has 0 aliphatic carbocycles. The lowest BCUT2D eigenvalue weighted by Crippen LogP contribution is -2.04. The third kappa shape index (κ3) is 3.73. The second kappa shape index (κ2) is 6.22. The Morgan fingerprint density at radius 3 is 2.20 bits per heavy atom. The number of aryl methyl sites for hydroxylation is 1. The first-order valence-electron chi connectivity index (χ1n) is 4.76. The molecule has 1 rings (SSSR count). The Hall–Kier alpha value is -1.32. The van der Waals surface area contributed by atoms with Gasteiger partial charge < -0.3 is 9.47 Å². The monoisotopic (exact) mass is 216 g/mol. The fourth-order valence-corrected chi connectivity index (χ4v) is 1.14. The van der Waals surface area contributed by atoms with Crippen molar-refractivity contribution in [1.82, 2.24) is 0 Å². The molecule has 1 aromatic carbocycles. The minimum absolute atomic E-state index is 0.0184. The van der Waals surface area contributed by atoms with Crippen LogP contribution in [0.2, 0.25) is 0 Å². The molecule has 0 aliphatic heterocycles. The lowest BCUT2D eigenvalue weighted by atomic mass is 10.2. The van der Waals surface area contributed by atoms with E-state index < -0.39 is 13.3 Å². The molecule has 4 heteroatoms. The molecule has 0 aliphatic rings. The van der Waals surface area contributed by atoms with Crippen LogP contribution < -0.4 is 9.47 Å². The molecule has 0 radical (unpaired) electrons. The summed E-state index contributed by atoms with van der Waals surface area (Å²) in [6.45, 7) is 0.735. The van der Waals surface area contributed by atoms with Gasteiger partial charge in [0.15, 0.2) is 11.5 Å². The van der Waals surface area contributed by atoms with Gasteiger partial charge in [-0.25, -0.2) is 8.78 Å². The van der Waals surface area contributed by atoms with Gasteiger partial charge in [0.2, 0.25) is 0 Å². The Morgan fingerprint density at radius 1 is 1.00 bits per heavy atom. The first-order valence-corrected chi connectivity index (χ1v) is 4.76. The quantitative estimate of drug-likeness (QED) is 0.727. The summed E-state index contributed by atoms with van der Waals surface area (Å²) in [4.78, 5) is 0. The van der Waals surface area contributed by atoms with Crippen LogP contribution in [0.4, 0.5) is 8.78 Å². The van der Waals surface area contributed by atoms with Crippen molar-refractivity contribution in [3.8, 4) is 11.5 Å². The van der Waals surface area contributed by atoms with Crippen LogP contribution in [0.25, 0.3) is 0 Å². The van der Waals surface area contributed by atoms with Gasteiger partial charge in [-0.2, -0.15) is 0 Å². The Balaban J connectivity index is 2.73. The van der Waals surface area contributed by atoms with Crippen molar-refractivity contribution in [2.75, 3.05) is 26.6 Å². The zero-order chi connectivity index (χ0) is 11.1. The second-order valence-corrected chi connectivity index (χ2v) is 3.03. The van der Waals surface area contributed by atoms with Crippen LogP contribution in [0.15, 0.2) is 18.2 Å². The first kappa shape index (κ1) is 11.8. The van der Waals surface area contributed by atoms with Crippen molar-refractivity contribution in [2.45, 2.75) is 6.92 Å². The first-order chi connectivity index (χ1) is 7.27. The molecule has 0 atom stereocenters. The highest BCUT2D eigenvalue weighted by Gasteiger charge is 2.05. The molecule has 0 aromatic heterocycles. The van der Waals surface area contributed by atoms with E-state index in [4.69, 9.17) is 9.47 Å². The molecule has 0 fully saturated rings. The minimum Gasteiger partial charge on any atom is -0.487 e. The van der Waals surface area contributed by atoms with Crippen molar-refractivity contribution in [3.05, 3.63) is 23.8 Å². The summed E-state index contributed by atoms with van der Waals surface area (Å²) in [5, 5.41) is 0. The van der Waals surface area contributed by atoms with E-state index in [0.29, 0.717) is 11.5 Å². The van der Waals surface area contributed by atoms with Crippen LogP contribution in [-0.4, -0.2) is 26.6 Å². The molecule has 0 N–H and O–H groups in total. The lowest BCUT2D eigenvalue weighted by molar-refractivity contribution is 0.235. The van der Waals surface area contributed by atoms with Crippen LogP contribution in [0.1, 0.15) is 5.56 Å². The normalized spacial score (nSPS) is 10.1. The van der Waals surface area contributed by atoms with E-state index in [1.807, 2.05) is 13.0 Å². The molecule has 0 spiro atoms. The zero-order valence-corrected chi connectivity index (χ0v) is 8.63. The van der Waals surface area contributed by atoms with Gasteiger partial charge in [-0.05, 0) is 24.6 Å². The number of halogens is 2. The molecule has 0 amide bonds. The van der Waals surface area contributed by atoms with E-state index in [1.54, 1.807) is 12.1 Å². The van der Waals surface area contributed by atoms with E-state index in [-0.39, 0.29) is 13.2 Å². The van der Waals surface area contributed by atoms with E-state index in [0.717, 1.165) is 5.56 Å². The van der Waals surface area contributed by atoms with Crippen molar-refractivity contribution < 1.29 is 18.3 Å². The number of hydrogen-bond acceptors (Lipinski definition) is 2. The van der Waals surface area contributed by atoms with Gasteiger partial charge in [-0.3, -0.25) is 0 Å². The van der Waals surface area contributed by atoms with Crippen molar-refractivity contribution >= 4 is 0 Å². The molecule has 84 valence electrons. The summed E-state index contributed by atoms with van der Waals surface area (Å²) < 4.78 is 34.1. The highest BCUT2D eigenvalue weighted by molar-refractivity contribution is 5.42. The summed E-state index contributed by atoms with van der Waals surface area (Å²) in [6.07, 6.45) is 0. The highest BCUT2D eigenvalue weighted by atomic mass is 19.1. The molecule has 15 heavy (non-hydrogen) atoms. The summed E-state index contributed by atoms with van der Waals surface area (Å²) in [6, 6.07) is 5.26. The number of ether oxygens (including phenoxy) is 2. The van der Waals surface area contributed by atoms with E-state index in [2.05, 4.69) is 0 Å². The molecule has 0 unspecified atom stereocenters. The minimum atomic E-state index is -0.559. The zero-order valence-electron chi connectivity index (χ0n) is 8.63. The maximum atomic E-state index is 11.9. The van der Waals surface area contributed by atoms with Crippen LogP contribution in [-0.2, 0) is 0 Å². The molecular formula is C11H14F2O2. The predicted octanol–water partition coefficient (Wildman–Crippen LogP) is 2.69. The fourth-order valence-electron chi connectivity index (χ4n) is 1.14. The second-order valence-electron chi connectivity index (χ2n) is 3.03. The van der Waals surface area contributed by atoms with Crippen LogP contribution in [0.5, 0.6) is 11.5 Å². The standard InChI is InChI=1S/C11H14F2O2/c1-9-2-3-10(14-6-4-12)11(8-9)15-7-5-13/h2-3,8H,4-7H2,1H3. The summed E-state index contributed by atoms with van der Waals surface area (Å²) in [5.41, 5.74) is 0.983. The SMILES string of the molecule is Cc1ccc(OCCF)c(OCCF)c1. The fraction of sp³-hybridized carbons (Fsp3) is 0.455. The highest BCUT2D eigenvalue weighted by Crippen LogP contribution is 2.28. The summed E-state index contributed by atoms with van der Waals surface area (Å²) in [5.74, 6) is 0.910. The topological polar surface area (TPSA) is 18.5 Å². The average Bonchev–Trinajstić information content (AvgIpc) is 2.25.